The van der Waals surface area contributed by atoms with Gasteiger partial charge in [0.25, 0.3) is 0 Å². The van der Waals surface area contributed by atoms with Crippen molar-refractivity contribution in [3.63, 3.8) is 0 Å². The Morgan fingerprint density at radius 2 is 0.660 bits per heavy atom. The fraction of sp³-hybridized carbons (Fsp3) is 0.761. The fourth-order valence-electron chi connectivity index (χ4n) is 7.34. The van der Waals surface area contributed by atoms with E-state index in [-0.39, 0.29) is 0 Å². The summed E-state index contributed by atoms with van der Waals surface area (Å²) >= 11 is 0. The van der Waals surface area contributed by atoms with E-state index in [1.54, 1.807) is 11.1 Å². The Balaban J connectivity index is 1.61. The van der Waals surface area contributed by atoms with Crippen molar-refractivity contribution in [3.05, 3.63) is 65.5 Å². The number of unbranched alkanes of at least 4 members (excludes halogenated alkanes) is 26. The predicted molar refractivity (Wildman–Crippen MR) is 209 cm³/mol. The number of pyridine rings is 1. The van der Waals surface area contributed by atoms with Gasteiger partial charge in [0.1, 0.15) is 6.54 Å². The number of hydrogen-bond donors (Lipinski definition) is 0. The maximum atomic E-state index is 2.55. The molecule has 2 aromatic rings. The summed E-state index contributed by atoms with van der Waals surface area (Å²) in [4.78, 5) is 0. The second-order valence-corrected chi connectivity index (χ2v) is 15.1. The smallest absolute Gasteiger partial charge is 0.171 e. The Hall–Kier alpha value is -1.63. The van der Waals surface area contributed by atoms with Crippen molar-refractivity contribution >= 4 is 0 Å². The molecule has 0 saturated carbocycles. The second kappa shape index (κ2) is 31.6. The quantitative estimate of drug-likeness (QED) is 0.0526. The molecule has 0 N–H and O–H groups in total. The van der Waals surface area contributed by atoms with Crippen LogP contribution >= 0.6 is 0 Å². The molecule has 1 nitrogen and oxygen atoms in total. The average Bonchev–Trinajstić information content (AvgIpc) is 3.09. The van der Waals surface area contributed by atoms with Gasteiger partial charge in [0, 0.05) is 17.5 Å². The molecule has 1 heteroatoms. The van der Waals surface area contributed by atoms with Gasteiger partial charge in [-0.2, -0.15) is 0 Å². The zero-order valence-electron chi connectivity index (χ0n) is 31.9. The van der Waals surface area contributed by atoms with Gasteiger partial charge in [0.05, 0.1) is 0 Å². The molecular weight excluding hydrogens is 567 g/mol. The van der Waals surface area contributed by atoms with Crippen LogP contribution in [0.4, 0.5) is 0 Å². The van der Waals surface area contributed by atoms with Crippen LogP contribution in [-0.2, 0) is 25.8 Å². The molecule has 0 spiro atoms. The van der Waals surface area contributed by atoms with Gasteiger partial charge >= 0.3 is 0 Å². The van der Waals surface area contributed by atoms with Gasteiger partial charge in [-0.15, -0.1) is 0 Å². The summed E-state index contributed by atoms with van der Waals surface area (Å²) in [6, 6.07) is 13.6. The third-order valence-electron chi connectivity index (χ3n) is 10.4. The minimum Gasteiger partial charge on any atom is -0.205 e. The molecular formula is C46H80N+. The van der Waals surface area contributed by atoms with E-state index < -0.39 is 0 Å². The van der Waals surface area contributed by atoms with Crippen LogP contribution in [0.3, 0.4) is 0 Å². The largest absolute Gasteiger partial charge is 0.205 e. The van der Waals surface area contributed by atoms with Crippen molar-refractivity contribution in [3.8, 4) is 0 Å². The third kappa shape index (κ3) is 25.1. The predicted octanol–water partition coefficient (Wildman–Crippen LogP) is 14.7. The third-order valence-corrected chi connectivity index (χ3v) is 10.4. The zero-order chi connectivity index (χ0) is 33.3. The lowest BCUT2D eigenvalue weighted by Crippen LogP contribution is -2.34. The fourth-order valence-corrected chi connectivity index (χ4v) is 7.34. The van der Waals surface area contributed by atoms with Crippen LogP contribution in [0.1, 0.15) is 217 Å². The summed E-state index contributed by atoms with van der Waals surface area (Å²) in [5.74, 6) is 0. The van der Waals surface area contributed by atoms with Crippen LogP contribution in [-0.4, -0.2) is 0 Å². The molecule has 0 aliphatic heterocycles. The molecule has 47 heavy (non-hydrogen) atoms. The van der Waals surface area contributed by atoms with Crippen LogP contribution in [0.5, 0.6) is 0 Å². The summed E-state index contributed by atoms with van der Waals surface area (Å²) in [5.41, 5.74) is 4.62. The molecule has 0 amide bonds. The zero-order valence-corrected chi connectivity index (χ0v) is 31.9. The standard InChI is InChI=1S/C46H80N/c1-3-5-7-9-11-13-15-17-19-21-23-25-27-30-37-45-41-46(43-47(42-45)40-34-39-44-35-32-29-33-36-44)38-31-28-26-24-22-20-18-16-14-12-10-8-6-4-2/h29,32-33,35-36,41-43H,3-28,30-31,34,37-40H2,1-2H3/q+1. The minimum atomic E-state index is 1.13. The van der Waals surface area contributed by atoms with E-state index in [0.29, 0.717) is 0 Å². The van der Waals surface area contributed by atoms with E-state index in [1.807, 2.05) is 0 Å². The molecule has 0 radical (unpaired) electrons. The highest BCUT2D eigenvalue weighted by Gasteiger charge is 2.09. The summed E-state index contributed by atoms with van der Waals surface area (Å²) in [7, 11) is 0. The van der Waals surface area contributed by atoms with Gasteiger partial charge in [-0.05, 0) is 43.7 Å². The van der Waals surface area contributed by atoms with E-state index in [0.717, 1.165) is 6.54 Å². The first-order valence-electron chi connectivity index (χ1n) is 21.4. The van der Waals surface area contributed by atoms with E-state index in [4.69, 9.17) is 0 Å². The lowest BCUT2D eigenvalue weighted by atomic mass is 10.0. The van der Waals surface area contributed by atoms with Crippen molar-refractivity contribution in [2.75, 3.05) is 0 Å². The number of rotatable bonds is 34. The molecule has 0 fully saturated rings. The maximum absolute atomic E-state index is 2.55. The Morgan fingerprint density at radius 1 is 0.340 bits per heavy atom. The first-order chi connectivity index (χ1) is 23.3. The molecule has 0 atom stereocenters. The van der Waals surface area contributed by atoms with Crippen molar-refractivity contribution in [1.29, 1.82) is 0 Å². The molecule has 0 aliphatic carbocycles. The van der Waals surface area contributed by atoms with E-state index in [9.17, 15) is 0 Å². The highest BCUT2D eigenvalue weighted by atomic mass is 14.9. The second-order valence-electron chi connectivity index (χ2n) is 15.1. The molecule has 1 aromatic carbocycles. The summed E-state index contributed by atoms with van der Waals surface area (Å²) in [6.45, 7) is 5.75. The van der Waals surface area contributed by atoms with Crippen LogP contribution in [0, 0.1) is 0 Å². The number of hydrogen-bond acceptors (Lipinski definition) is 0. The van der Waals surface area contributed by atoms with Crippen molar-refractivity contribution in [2.45, 2.75) is 226 Å². The van der Waals surface area contributed by atoms with Gasteiger partial charge in [0.15, 0.2) is 12.4 Å². The van der Waals surface area contributed by atoms with Crippen LogP contribution < -0.4 is 4.57 Å². The molecule has 2 rings (SSSR count). The molecule has 0 aliphatic rings. The van der Waals surface area contributed by atoms with Crippen molar-refractivity contribution in [1.82, 2.24) is 0 Å². The van der Waals surface area contributed by atoms with Gasteiger partial charge in [-0.25, -0.2) is 4.57 Å². The molecule has 1 aromatic heterocycles. The summed E-state index contributed by atoms with van der Waals surface area (Å²) in [5, 5.41) is 0. The van der Waals surface area contributed by atoms with Crippen molar-refractivity contribution in [2.24, 2.45) is 0 Å². The first kappa shape index (κ1) is 41.5. The Morgan fingerprint density at radius 3 is 1.02 bits per heavy atom. The van der Waals surface area contributed by atoms with E-state index in [2.05, 4.69) is 67.2 Å². The molecule has 1 heterocycles. The lowest BCUT2D eigenvalue weighted by Gasteiger charge is -2.07. The van der Waals surface area contributed by atoms with E-state index >= 15 is 0 Å². The normalized spacial score (nSPS) is 11.4. The first-order valence-corrected chi connectivity index (χ1v) is 21.4. The van der Waals surface area contributed by atoms with Gasteiger partial charge in [0.2, 0.25) is 0 Å². The average molecular weight is 647 g/mol. The molecule has 0 unspecified atom stereocenters. The van der Waals surface area contributed by atoms with Crippen LogP contribution in [0.25, 0.3) is 0 Å². The van der Waals surface area contributed by atoms with Crippen LogP contribution in [0.15, 0.2) is 48.8 Å². The van der Waals surface area contributed by atoms with Gasteiger partial charge in [-0.3, -0.25) is 0 Å². The topological polar surface area (TPSA) is 3.88 Å². The van der Waals surface area contributed by atoms with Crippen LogP contribution in [0.2, 0.25) is 0 Å². The Labute approximate surface area is 295 Å². The molecule has 268 valence electrons. The highest BCUT2D eigenvalue weighted by Crippen LogP contribution is 2.17. The molecule has 0 bridgehead atoms. The van der Waals surface area contributed by atoms with E-state index in [1.165, 1.54) is 211 Å². The Kier molecular flexibility index (Phi) is 28.0. The summed E-state index contributed by atoms with van der Waals surface area (Å²) < 4.78 is 2.53. The monoisotopic (exact) mass is 647 g/mol. The van der Waals surface area contributed by atoms with Gasteiger partial charge < -0.3 is 0 Å². The van der Waals surface area contributed by atoms with Crippen molar-refractivity contribution < 1.29 is 4.57 Å². The number of aromatic nitrogens is 1. The Bertz CT molecular complexity index is 868. The molecule has 0 saturated heterocycles. The minimum absolute atomic E-state index is 1.13. The number of aryl methyl sites for hydroxylation is 4. The number of benzene rings is 1. The SMILES string of the molecule is CCCCCCCCCCCCCCCCc1cc(CCCCCCCCCCCCCCCC)c[n+](CCCc2ccccc2)c1. The maximum Gasteiger partial charge on any atom is 0.171 e. The van der Waals surface area contributed by atoms with Gasteiger partial charge in [-0.1, -0.05) is 211 Å². The summed E-state index contributed by atoms with van der Waals surface area (Å²) in [6.07, 6.45) is 50.0. The lowest BCUT2D eigenvalue weighted by molar-refractivity contribution is -0.698. The number of nitrogens with zero attached hydrogens (tertiary/aromatic N) is 1. The highest BCUT2D eigenvalue weighted by molar-refractivity contribution is 5.16.